The highest BCUT2D eigenvalue weighted by molar-refractivity contribution is 5.95. The number of nitrogens with zero attached hydrogens (tertiary/aromatic N) is 1. The summed E-state index contributed by atoms with van der Waals surface area (Å²) in [5.74, 6) is 0.107. The predicted molar refractivity (Wildman–Crippen MR) is 86.6 cm³/mol. The Bertz CT molecular complexity index is 772. The minimum absolute atomic E-state index is 0.0452. The molecule has 1 saturated carbocycles. The van der Waals surface area contributed by atoms with E-state index in [1.165, 1.54) is 4.57 Å². The van der Waals surface area contributed by atoms with Gasteiger partial charge in [0.2, 0.25) is 5.91 Å². The number of benzene rings is 1. The number of carbonyl (C=O) groups excluding carboxylic acids is 1. The lowest BCUT2D eigenvalue weighted by Gasteiger charge is -2.09. The molecule has 1 aromatic carbocycles. The van der Waals surface area contributed by atoms with Crippen molar-refractivity contribution in [2.24, 2.45) is 11.8 Å². The number of hydrogen-bond acceptors (Lipinski definition) is 3. The van der Waals surface area contributed by atoms with Gasteiger partial charge in [-0.3, -0.25) is 14.2 Å². The lowest BCUT2D eigenvalue weighted by molar-refractivity contribution is -0.118. The molecular formula is C18H18N2O3. The summed E-state index contributed by atoms with van der Waals surface area (Å²) in [6.45, 7) is 0.733. The zero-order valence-corrected chi connectivity index (χ0v) is 12.6. The van der Waals surface area contributed by atoms with Gasteiger partial charge in [-0.2, -0.15) is 0 Å². The largest absolute Gasteiger partial charge is 0.377 e. The summed E-state index contributed by atoms with van der Waals surface area (Å²) in [6, 6.07) is 12.8. The monoisotopic (exact) mass is 310 g/mol. The van der Waals surface area contributed by atoms with Crippen LogP contribution in [0.2, 0.25) is 0 Å². The van der Waals surface area contributed by atoms with Gasteiger partial charge in [0.15, 0.2) is 0 Å². The molecule has 1 amide bonds. The molecule has 4 rings (SSSR count). The Balaban J connectivity index is 1.56. The predicted octanol–water partition coefficient (Wildman–Crippen LogP) is 2.20. The van der Waals surface area contributed by atoms with Gasteiger partial charge in [-0.05, 0) is 37.1 Å². The molecule has 1 aliphatic heterocycles. The smallest absolute Gasteiger partial charge is 0.278 e. The Morgan fingerprint density at radius 3 is 2.74 bits per heavy atom. The van der Waals surface area contributed by atoms with Gasteiger partial charge in [-0.25, -0.2) is 0 Å². The van der Waals surface area contributed by atoms with Gasteiger partial charge < -0.3 is 10.1 Å². The average molecular weight is 310 g/mol. The molecule has 3 unspecified atom stereocenters. The van der Waals surface area contributed by atoms with E-state index >= 15 is 0 Å². The van der Waals surface area contributed by atoms with E-state index in [0.29, 0.717) is 11.6 Å². The molecule has 0 bridgehead atoms. The molecule has 23 heavy (non-hydrogen) atoms. The number of carbonyl (C=O) groups is 1. The summed E-state index contributed by atoms with van der Waals surface area (Å²) >= 11 is 0. The number of anilines is 1. The molecule has 5 heteroatoms. The standard InChI is InChI=1S/C18H18N2O3/c21-17(15-13-8-5-11-23-16(13)15)19-14-9-4-10-20(18(14)22)12-6-2-1-3-7-12/h1-4,6-7,9-10,13,15-16H,5,8,11H2,(H,19,21). The normalized spacial score (nSPS) is 25.5. The van der Waals surface area contributed by atoms with E-state index in [-0.39, 0.29) is 23.5 Å². The molecule has 1 saturated heterocycles. The van der Waals surface area contributed by atoms with Gasteiger partial charge in [0.1, 0.15) is 5.69 Å². The van der Waals surface area contributed by atoms with E-state index in [0.717, 1.165) is 25.1 Å². The van der Waals surface area contributed by atoms with Crippen molar-refractivity contribution in [3.63, 3.8) is 0 Å². The fraction of sp³-hybridized carbons (Fsp3) is 0.333. The fourth-order valence-electron chi connectivity index (χ4n) is 3.39. The second kappa shape index (κ2) is 5.66. The van der Waals surface area contributed by atoms with E-state index in [1.54, 1.807) is 18.3 Å². The number of para-hydroxylation sites is 1. The number of pyridine rings is 1. The first-order chi connectivity index (χ1) is 11.3. The second-order valence-corrected chi connectivity index (χ2v) is 6.09. The van der Waals surface area contributed by atoms with Crippen molar-refractivity contribution in [2.75, 3.05) is 11.9 Å². The topological polar surface area (TPSA) is 60.3 Å². The van der Waals surface area contributed by atoms with E-state index in [4.69, 9.17) is 4.74 Å². The Morgan fingerprint density at radius 1 is 1.17 bits per heavy atom. The van der Waals surface area contributed by atoms with E-state index in [2.05, 4.69) is 5.32 Å². The third kappa shape index (κ3) is 2.57. The third-order valence-corrected chi connectivity index (χ3v) is 4.63. The number of rotatable bonds is 3. The van der Waals surface area contributed by atoms with Gasteiger partial charge in [0.05, 0.1) is 12.0 Å². The molecule has 1 N–H and O–H groups in total. The third-order valence-electron chi connectivity index (χ3n) is 4.63. The summed E-state index contributed by atoms with van der Waals surface area (Å²) < 4.78 is 7.14. The maximum absolute atomic E-state index is 12.6. The van der Waals surface area contributed by atoms with Crippen molar-refractivity contribution in [1.29, 1.82) is 0 Å². The quantitative estimate of drug-likeness (QED) is 0.945. The van der Waals surface area contributed by atoms with Crippen LogP contribution in [0.5, 0.6) is 0 Å². The van der Waals surface area contributed by atoms with Gasteiger partial charge in [-0.1, -0.05) is 18.2 Å². The van der Waals surface area contributed by atoms with Crippen LogP contribution in [0.3, 0.4) is 0 Å². The highest BCUT2D eigenvalue weighted by atomic mass is 16.5. The molecule has 0 radical (unpaired) electrons. The summed E-state index contributed by atoms with van der Waals surface area (Å²) in [5, 5.41) is 2.79. The molecule has 1 aromatic heterocycles. The van der Waals surface area contributed by atoms with Crippen LogP contribution in [0.1, 0.15) is 12.8 Å². The summed E-state index contributed by atoms with van der Waals surface area (Å²) in [5.41, 5.74) is 0.860. The maximum atomic E-state index is 12.6. The number of hydrogen-bond donors (Lipinski definition) is 1. The fourth-order valence-corrected chi connectivity index (χ4v) is 3.39. The molecule has 0 spiro atoms. The van der Waals surface area contributed by atoms with Crippen molar-refractivity contribution >= 4 is 11.6 Å². The van der Waals surface area contributed by atoms with Crippen LogP contribution in [-0.4, -0.2) is 23.2 Å². The van der Waals surface area contributed by atoms with E-state index in [9.17, 15) is 9.59 Å². The SMILES string of the molecule is O=C(Nc1cccn(-c2ccccc2)c1=O)C1C2CCCOC21. The number of aromatic nitrogens is 1. The van der Waals surface area contributed by atoms with Gasteiger partial charge >= 0.3 is 0 Å². The lowest BCUT2D eigenvalue weighted by Crippen LogP contribution is -2.26. The molecule has 118 valence electrons. The zero-order valence-electron chi connectivity index (χ0n) is 12.6. The van der Waals surface area contributed by atoms with Crippen LogP contribution in [0.15, 0.2) is 53.5 Å². The Hall–Kier alpha value is -2.40. The van der Waals surface area contributed by atoms with Crippen LogP contribution in [0.25, 0.3) is 5.69 Å². The van der Waals surface area contributed by atoms with Gasteiger partial charge in [0, 0.05) is 24.4 Å². The number of fused-ring (bicyclic) bond motifs is 1. The summed E-state index contributed by atoms with van der Waals surface area (Å²) in [4.78, 5) is 25.0. The molecule has 2 aromatic rings. The number of ether oxygens (including phenoxy) is 1. The molecule has 1 aliphatic carbocycles. The Kier molecular flexibility index (Phi) is 3.50. The van der Waals surface area contributed by atoms with Gasteiger partial charge in [-0.15, -0.1) is 0 Å². The van der Waals surface area contributed by atoms with Crippen LogP contribution < -0.4 is 10.9 Å². The van der Waals surface area contributed by atoms with Crippen molar-refractivity contribution in [3.8, 4) is 5.69 Å². The molecule has 2 fully saturated rings. The number of nitrogens with one attached hydrogen (secondary N) is 1. The number of amides is 1. The first-order valence-corrected chi connectivity index (χ1v) is 7.95. The zero-order chi connectivity index (χ0) is 15.8. The highest BCUT2D eigenvalue weighted by Crippen LogP contribution is 2.48. The second-order valence-electron chi connectivity index (χ2n) is 6.09. The minimum atomic E-state index is -0.225. The molecule has 2 aliphatic rings. The molecular weight excluding hydrogens is 292 g/mol. The first-order valence-electron chi connectivity index (χ1n) is 7.95. The Labute approximate surface area is 133 Å². The average Bonchev–Trinajstić information content (AvgIpc) is 3.32. The minimum Gasteiger partial charge on any atom is -0.377 e. The Morgan fingerprint density at radius 2 is 2.00 bits per heavy atom. The summed E-state index contributed by atoms with van der Waals surface area (Å²) in [6.07, 6.45) is 3.79. The molecule has 3 atom stereocenters. The van der Waals surface area contributed by atoms with Gasteiger partial charge in [0.25, 0.3) is 5.56 Å². The van der Waals surface area contributed by atoms with Crippen molar-refractivity contribution in [3.05, 3.63) is 59.0 Å². The summed E-state index contributed by atoms with van der Waals surface area (Å²) in [7, 11) is 0. The lowest BCUT2D eigenvalue weighted by atomic mass is 10.2. The van der Waals surface area contributed by atoms with Crippen LogP contribution in [0, 0.1) is 11.8 Å². The maximum Gasteiger partial charge on any atom is 0.278 e. The van der Waals surface area contributed by atoms with Crippen molar-refractivity contribution in [2.45, 2.75) is 18.9 Å². The van der Waals surface area contributed by atoms with Crippen LogP contribution in [0.4, 0.5) is 5.69 Å². The van der Waals surface area contributed by atoms with Crippen molar-refractivity contribution in [1.82, 2.24) is 4.57 Å². The van der Waals surface area contributed by atoms with Crippen LogP contribution >= 0.6 is 0 Å². The van der Waals surface area contributed by atoms with E-state index in [1.807, 2.05) is 30.3 Å². The van der Waals surface area contributed by atoms with Crippen LogP contribution in [-0.2, 0) is 9.53 Å². The molecule has 5 nitrogen and oxygen atoms in total. The van der Waals surface area contributed by atoms with E-state index < -0.39 is 0 Å². The van der Waals surface area contributed by atoms with Crippen molar-refractivity contribution < 1.29 is 9.53 Å². The highest BCUT2D eigenvalue weighted by Gasteiger charge is 2.56. The first kappa shape index (κ1) is 14.2. The molecule has 2 heterocycles.